The molecule has 0 aromatic carbocycles. The van der Waals surface area contributed by atoms with E-state index < -0.39 is 0 Å². The highest BCUT2D eigenvalue weighted by Crippen LogP contribution is 2.31. The first kappa shape index (κ1) is 12.6. The van der Waals surface area contributed by atoms with Crippen LogP contribution in [0.2, 0.25) is 0 Å². The summed E-state index contributed by atoms with van der Waals surface area (Å²) in [6.45, 7) is 7.51. The largest absolute Gasteiger partial charge is 0.354 e. The first-order valence-corrected chi connectivity index (χ1v) is 6.80. The predicted molar refractivity (Wildman–Crippen MR) is 69.7 cm³/mol. The summed E-state index contributed by atoms with van der Waals surface area (Å²) in [4.78, 5) is 12.3. The Hall–Kier alpha value is -0.830. The highest BCUT2D eigenvalue weighted by Gasteiger charge is 2.40. The molecule has 2 fully saturated rings. The minimum absolute atomic E-state index is 0.211. The molecule has 0 bridgehead atoms. The van der Waals surface area contributed by atoms with Crippen LogP contribution in [0.5, 0.6) is 0 Å². The zero-order chi connectivity index (χ0) is 12.3. The Morgan fingerprint density at radius 2 is 2.00 bits per heavy atom. The van der Waals surface area contributed by atoms with E-state index >= 15 is 0 Å². The minimum atomic E-state index is -0.312. The van der Waals surface area contributed by atoms with Gasteiger partial charge in [0.2, 0.25) is 5.91 Å². The highest BCUT2D eigenvalue weighted by molar-refractivity contribution is 5.86. The molecular formula is C14H24N2O. The molecule has 2 aliphatic carbocycles. The molecule has 0 atom stereocenters. The second-order valence-corrected chi connectivity index (χ2v) is 5.75. The molecular weight excluding hydrogens is 212 g/mol. The van der Waals surface area contributed by atoms with Gasteiger partial charge in [-0.05, 0) is 38.5 Å². The van der Waals surface area contributed by atoms with E-state index in [1.54, 1.807) is 0 Å². The Balaban J connectivity index is 1.88. The monoisotopic (exact) mass is 236 g/mol. The molecule has 0 aromatic heterocycles. The summed E-state index contributed by atoms with van der Waals surface area (Å²) in [6.07, 6.45) is 6.81. The number of amides is 1. The SMILES string of the molecule is C=C(C)CNC1(C(=O)NCC2CC2)CCCC1. The molecule has 0 radical (unpaired) electrons. The van der Waals surface area contributed by atoms with Gasteiger partial charge in [-0.25, -0.2) is 0 Å². The predicted octanol–water partition coefficient (Wildman–Crippen LogP) is 1.99. The molecule has 96 valence electrons. The number of carbonyl (C=O) groups excluding carboxylic acids is 1. The molecule has 0 aromatic rings. The molecule has 2 rings (SSSR count). The van der Waals surface area contributed by atoms with Crippen molar-refractivity contribution in [3.05, 3.63) is 12.2 Å². The lowest BCUT2D eigenvalue weighted by Gasteiger charge is -2.29. The Kier molecular flexibility index (Phi) is 3.87. The molecule has 0 aliphatic heterocycles. The molecule has 2 N–H and O–H groups in total. The van der Waals surface area contributed by atoms with Crippen molar-refractivity contribution in [2.45, 2.75) is 51.0 Å². The Labute approximate surface area is 104 Å². The van der Waals surface area contributed by atoms with E-state index in [1.807, 2.05) is 6.92 Å². The van der Waals surface area contributed by atoms with Gasteiger partial charge in [0.1, 0.15) is 0 Å². The van der Waals surface area contributed by atoms with Gasteiger partial charge < -0.3 is 5.32 Å². The second-order valence-electron chi connectivity index (χ2n) is 5.75. The maximum absolute atomic E-state index is 12.3. The fourth-order valence-electron chi connectivity index (χ4n) is 2.51. The Morgan fingerprint density at radius 1 is 1.35 bits per heavy atom. The fraction of sp³-hybridized carbons (Fsp3) is 0.786. The number of carbonyl (C=O) groups is 1. The van der Waals surface area contributed by atoms with Gasteiger partial charge in [0.25, 0.3) is 0 Å². The van der Waals surface area contributed by atoms with Crippen molar-refractivity contribution in [1.82, 2.24) is 10.6 Å². The molecule has 0 saturated heterocycles. The van der Waals surface area contributed by atoms with E-state index in [4.69, 9.17) is 0 Å². The van der Waals surface area contributed by atoms with Crippen molar-refractivity contribution in [2.75, 3.05) is 13.1 Å². The maximum Gasteiger partial charge on any atom is 0.240 e. The molecule has 1 amide bonds. The zero-order valence-corrected chi connectivity index (χ0v) is 10.8. The number of rotatable bonds is 6. The molecule has 0 spiro atoms. The maximum atomic E-state index is 12.3. The first-order chi connectivity index (χ1) is 8.12. The van der Waals surface area contributed by atoms with Gasteiger partial charge >= 0.3 is 0 Å². The van der Waals surface area contributed by atoms with Crippen molar-refractivity contribution in [2.24, 2.45) is 5.92 Å². The lowest BCUT2D eigenvalue weighted by molar-refractivity contribution is -0.127. The molecule has 3 nitrogen and oxygen atoms in total. The second kappa shape index (κ2) is 5.21. The molecule has 17 heavy (non-hydrogen) atoms. The van der Waals surface area contributed by atoms with Crippen molar-refractivity contribution >= 4 is 5.91 Å². The van der Waals surface area contributed by atoms with Crippen LogP contribution >= 0.6 is 0 Å². The third-order valence-corrected chi connectivity index (χ3v) is 3.87. The minimum Gasteiger partial charge on any atom is -0.354 e. The van der Waals surface area contributed by atoms with E-state index in [2.05, 4.69) is 17.2 Å². The van der Waals surface area contributed by atoms with Crippen LogP contribution in [0, 0.1) is 5.92 Å². The van der Waals surface area contributed by atoms with Crippen molar-refractivity contribution < 1.29 is 4.79 Å². The van der Waals surface area contributed by atoms with Crippen LogP contribution in [0.3, 0.4) is 0 Å². The van der Waals surface area contributed by atoms with Crippen LogP contribution in [-0.2, 0) is 4.79 Å². The van der Waals surface area contributed by atoms with Crippen molar-refractivity contribution in [3.8, 4) is 0 Å². The van der Waals surface area contributed by atoms with Gasteiger partial charge in [0.15, 0.2) is 0 Å². The quantitative estimate of drug-likeness (QED) is 0.692. The average molecular weight is 236 g/mol. The summed E-state index contributed by atoms with van der Waals surface area (Å²) in [6, 6.07) is 0. The van der Waals surface area contributed by atoms with Crippen LogP contribution in [-0.4, -0.2) is 24.5 Å². The van der Waals surface area contributed by atoms with Gasteiger partial charge in [0, 0.05) is 13.1 Å². The summed E-state index contributed by atoms with van der Waals surface area (Å²) >= 11 is 0. The van der Waals surface area contributed by atoms with Crippen LogP contribution in [0.25, 0.3) is 0 Å². The highest BCUT2D eigenvalue weighted by atomic mass is 16.2. The van der Waals surface area contributed by atoms with Crippen molar-refractivity contribution in [1.29, 1.82) is 0 Å². The van der Waals surface area contributed by atoms with Crippen LogP contribution in [0.4, 0.5) is 0 Å². The van der Waals surface area contributed by atoms with E-state index in [9.17, 15) is 4.79 Å². The average Bonchev–Trinajstić information content (AvgIpc) is 3.00. The van der Waals surface area contributed by atoms with Gasteiger partial charge in [-0.15, -0.1) is 0 Å². The van der Waals surface area contributed by atoms with Gasteiger partial charge in [0.05, 0.1) is 5.54 Å². The number of hydrogen-bond acceptors (Lipinski definition) is 2. The lowest BCUT2D eigenvalue weighted by atomic mass is 9.95. The van der Waals surface area contributed by atoms with Crippen LogP contribution < -0.4 is 10.6 Å². The molecule has 2 aliphatic rings. The molecule has 0 unspecified atom stereocenters. The zero-order valence-electron chi connectivity index (χ0n) is 10.8. The summed E-state index contributed by atoms with van der Waals surface area (Å²) in [5, 5.41) is 6.55. The van der Waals surface area contributed by atoms with Gasteiger partial charge in [-0.3, -0.25) is 10.1 Å². The van der Waals surface area contributed by atoms with E-state index in [0.717, 1.165) is 50.3 Å². The van der Waals surface area contributed by atoms with E-state index in [1.165, 1.54) is 12.8 Å². The third kappa shape index (κ3) is 3.32. The van der Waals surface area contributed by atoms with E-state index in [0.29, 0.717) is 0 Å². The normalized spacial score (nSPS) is 22.4. The fourth-order valence-corrected chi connectivity index (χ4v) is 2.51. The third-order valence-electron chi connectivity index (χ3n) is 3.87. The van der Waals surface area contributed by atoms with Gasteiger partial charge in [-0.1, -0.05) is 25.0 Å². The standard InChI is InChI=1S/C14H24N2O/c1-11(2)9-16-14(7-3-4-8-14)13(17)15-10-12-5-6-12/h12,16H,1,3-10H2,2H3,(H,15,17). The number of nitrogens with one attached hydrogen (secondary N) is 2. The smallest absolute Gasteiger partial charge is 0.240 e. The topological polar surface area (TPSA) is 41.1 Å². The molecule has 3 heteroatoms. The molecule has 2 saturated carbocycles. The lowest BCUT2D eigenvalue weighted by Crippen LogP contribution is -2.55. The number of hydrogen-bond donors (Lipinski definition) is 2. The summed E-state index contributed by atoms with van der Waals surface area (Å²) in [5.74, 6) is 0.960. The summed E-state index contributed by atoms with van der Waals surface area (Å²) < 4.78 is 0. The molecule has 0 heterocycles. The van der Waals surface area contributed by atoms with Crippen LogP contribution in [0.15, 0.2) is 12.2 Å². The van der Waals surface area contributed by atoms with E-state index in [-0.39, 0.29) is 11.4 Å². The Morgan fingerprint density at radius 3 is 2.53 bits per heavy atom. The summed E-state index contributed by atoms with van der Waals surface area (Å²) in [5.41, 5.74) is 0.777. The van der Waals surface area contributed by atoms with Crippen molar-refractivity contribution in [3.63, 3.8) is 0 Å². The van der Waals surface area contributed by atoms with Crippen LogP contribution in [0.1, 0.15) is 45.4 Å². The van der Waals surface area contributed by atoms with Gasteiger partial charge in [-0.2, -0.15) is 0 Å². The Bertz CT molecular complexity index is 301. The first-order valence-electron chi connectivity index (χ1n) is 6.80. The summed E-state index contributed by atoms with van der Waals surface area (Å²) in [7, 11) is 0.